The molecule has 4 N–H and O–H groups in total. The lowest BCUT2D eigenvalue weighted by molar-refractivity contribution is -0.384. The van der Waals surface area contributed by atoms with Crippen LogP contribution in [0.3, 0.4) is 0 Å². The zero-order valence-corrected chi connectivity index (χ0v) is 15.3. The van der Waals surface area contributed by atoms with Crippen LogP contribution in [0.15, 0.2) is 48.5 Å². The summed E-state index contributed by atoms with van der Waals surface area (Å²) in [6, 6.07) is 14.0. The van der Waals surface area contributed by atoms with E-state index in [1.165, 1.54) is 6.07 Å². The Balaban J connectivity index is 0.00000338. The number of hydrogen-bond donors (Lipinski definition) is 3. The van der Waals surface area contributed by atoms with Gasteiger partial charge in [-0.25, -0.2) is 0 Å². The molecule has 8 heteroatoms. The fourth-order valence-corrected chi connectivity index (χ4v) is 2.22. The number of nitrogens with one attached hydrogen (secondary N) is 2. The number of halogens is 1. The number of nitro benzene ring substituents is 1. The Kier molecular flexibility index (Phi) is 8.54. The van der Waals surface area contributed by atoms with Crippen molar-refractivity contribution in [1.82, 2.24) is 5.32 Å². The standard InChI is InChI=1S/C18H22N4O3.ClH/c1-13(10-19)11-21-18(23)15-7-8-16(17(9-15)22(24)25)20-12-14-5-3-2-4-6-14;/h2-9,13,20H,10-12,19H2,1H3,(H,21,23);1H. The van der Waals surface area contributed by atoms with E-state index in [1.807, 2.05) is 37.3 Å². The van der Waals surface area contributed by atoms with E-state index >= 15 is 0 Å². The Bertz CT molecular complexity index is 740. The lowest BCUT2D eigenvalue weighted by atomic mass is 10.1. The molecule has 0 aromatic heterocycles. The maximum Gasteiger partial charge on any atom is 0.293 e. The maximum absolute atomic E-state index is 12.1. The zero-order valence-electron chi connectivity index (χ0n) is 14.5. The van der Waals surface area contributed by atoms with E-state index in [0.29, 0.717) is 25.3 Å². The molecule has 2 aromatic rings. The van der Waals surface area contributed by atoms with Crippen LogP contribution in [0.1, 0.15) is 22.8 Å². The normalized spacial score (nSPS) is 11.2. The van der Waals surface area contributed by atoms with Crippen molar-refractivity contribution < 1.29 is 9.72 Å². The van der Waals surface area contributed by atoms with E-state index in [-0.39, 0.29) is 35.5 Å². The average molecular weight is 379 g/mol. The minimum absolute atomic E-state index is 0. The number of rotatable bonds is 8. The number of nitro groups is 1. The zero-order chi connectivity index (χ0) is 18.2. The highest BCUT2D eigenvalue weighted by Gasteiger charge is 2.17. The fourth-order valence-electron chi connectivity index (χ4n) is 2.22. The molecule has 2 rings (SSSR count). The SMILES string of the molecule is CC(CN)CNC(=O)c1ccc(NCc2ccccc2)c([N+](=O)[O-])c1.Cl. The van der Waals surface area contributed by atoms with Gasteiger partial charge in [-0.2, -0.15) is 0 Å². The van der Waals surface area contributed by atoms with Gasteiger partial charge in [0.1, 0.15) is 5.69 Å². The van der Waals surface area contributed by atoms with E-state index in [1.54, 1.807) is 12.1 Å². The number of nitrogens with zero attached hydrogens (tertiary/aromatic N) is 1. The maximum atomic E-state index is 12.1. The quantitative estimate of drug-likeness (QED) is 0.483. The highest BCUT2D eigenvalue weighted by atomic mass is 35.5. The summed E-state index contributed by atoms with van der Waals surface area (Å²) in [6.07, 6.45) is 0. The van der Waals surface area contributed by atoms with Crippen LogP contribution in [0.25, 0.3) is 0 Å². The number of carbonyl (C=O) groups excluding carboxylic acids is 1. The Morgan fingerprint density at radius 3 is 2.54 bits per heavy atom. The molecule has 2 aromatic carbocycles. The van der Waals surface area contributed by atoms with Crippen molar-refractivity contribution in [3.05, 3.63) is 69.8 Å². The van der Waals surface area contributed by atoms with E-state index in [9.17, 15) is 14.9 Å². The van der Waals surface area contributed by atoms with Gasteiger partial charge in [0, 0.05) is 24.7 Å². The second kappa shape index (κ2) is 10.4. The van der Waals surface area contributed by atoms with Crippen molar-refractivity contribution in [2.75, 3.05) is 18.4 Å². The number of nitrogens with two attached hydrogens (primary N) is 1. The third-order valence-corrected chi connectivity index (χ3v) is 3.80. The molecule has 0 saturated carbocycles. The molecule has 1 unspecified atom stereocenters. The molecule has 1 atom stereocenters. The molecule has 140 valence electrons. The summed E-state index contributed by atoms with van der Waals surface area (Å²) >= 11 is 0. The van der Waals surface area contributed by atoms with Gasteiger partial charge in [0.05, 0.1) is 4.92 Å². The van der Waals surface area contributed by atoms with Gasteiger partial charge in [-0.15, -0.1) is 12.4 Å². The summed E-state index contributed by atoms with van der Waals surface area (Å²) in [4.78, 5) is 23.0. The summed E-state index contributed by atoms with van der Waals surface area (Å²) in [6.45, 7) is 3.26. The van der Waals surface area contributed by atoms with Gasteiger partial charge in [0.2, 0.25) is 0 Å². The second-order valence-electron chi connectivity index (χ2n) is 5.88. The van der Waals surface area contributed by atoms with Gasteiger partial charge < -0.3 is 16.4 Å². The Morgan fingerprint density at radius 2 is 1.92 bits per heavy atom. The first-order valence-corrected chi connectivity index (χ1v) is 8.05. The number of hydrogen-bond acceptors (Lipinski definition) is 5. The number of anilines is 1. The molecule has 0 aliphatic rings. The van der Waals surface area contributed by atoms with Gasteiger partial charge in [0.15, 0.2) is 0 Å². The predicted octanol–water partition coefficient (Wildman–Crippen LogP) is 2.95. The van der Waals surface area contributed by atoms with Crippen LogP contribution in [-0.4, -0.2) is 23.9 Å². The molecule has 0 bridgehead atoms. The smallest absolute Gasteiger partial charge is 0.293 e. The minimum Gasteiger partial charge on any atom is -0.375 e. The van der Waals surface area contributed by atoms with Crippen LogP contribution < -0.4 is 16.4 Å². The van der Waals surface area contributed by atoms with Crippen LogP contribution in [0.2, 0.25) is 0 Å². The van der Waals surface area contributed by atoms with E-state index in [2.05, 4.69) is 10.6 Å². The van der Waals surface area contributed by atoms with Crippen molar-refractivity contribution in [2.45, 2.75) is 13.5 Å². The lowest BCUT2D eigenvalue weighted by Gasteiger charge is -2.11. The number of amides is 1. The van der Waals surface area contributed by atoms with Gasteiger partial charge in [-0.05, 0) is 30.2 Å². The highest BCUT2D eigenvalue weighted by molar-refractivity contribution is 5.95. The molecule has 0 aliphatic heterocycles. The lowest BCUT2D eigenvalue weighted by Crippen LogP contribution is -2.31. The summed E-state index contributed by atoms with van der Waals surface area (Å²) in [7, 11) is 0. The molecule has 7 nitrogen and oxygen atoms in total. The van der Waals surface area contributed by atoms with Gasteiger partial charge in [-0.3, -0.25) is 14.9 Å². The Labute approximate surface area is 158 Å². The van der Waals surface area contributed by atoms with E-state index in [0.717, 1.165) is 5.56 Å². The van der Waals surface area contributed by atoms with Crippen molar-refractivity contribution in [3.8, 4) is 0 Å². The third-order valence-electron chi connectivity index (χ3n) is 3.80. The molecule has 0 aliphatic carbocycles. The second-order valence-corrected chi connectivity index (χ2v) is 5.88. The summed E-state index contributed by atoms with van der Waals surface area (Å²) in [5.74, 6) is -0.205. The third kappa shape index (κ3) is 6.02. The van der Waals surface area contributed by atoms with Crippen LogP contribution in [0, 0.1) is 16.0 Å². The van der Waals surface area contributed by atoms with Crippen molar-refractivity contribution >= 4 is 29.7 Å². The van der Waals surface area contributed by atoms with Crippen LogP contribution in [0.4, 0.5) is 11.4 Å². The molecular formula is C18H23ClN4O3. The molecular weight excluding hydrogens is 356 g/mol. The van der Waals surface area contributed by atoms with Crippen molar-refractivity contribution in [3.63, 3.8) is 0 Å². The Morgan fingerprint density at radius 1 is 1.23 bits per heavy atom. The van der Waals surface area contributed by atoms with Crippen LogP contribution in [-0.2, 0) is 6.54 Å². The largest absolute Gasteiger partial charge is 0.375 e. The minimum atomic E-state index is -0.493. The number of carbonyl (C=O) groups is 1. The summed E-state index contributed by atoms with van der Waals surface area (Å²) in [5, 5.41) is 17.1. The van der Waals surface area contributed by atoms with Crippen LogP contribution >= 0.6 is 12.4 Å². The Hall–Kier alpha value is -2.64. The molecule has 26 heavy (non-hydrogen) atoms. The molecule has 0 spiro atoms. The first-order chi connectivity index (χ1) is 12.0. The molecule has 0 heterocycles. The molecule has 0 radical (unpaired) electrons. The van der Waals surface area contributed by atoms with Crippen molar-refractivity contribution in [2.24, 2.45) is 11.7 Å². The van der Waals surface area contributed by atoms with Crippen LogP contribution in [0.5, 0.6) is 0 Å². The summed E-state index contributed by atoms with van der Waals surface area (Å²) in [5.41, 5.74) is 7.02. The fraction of sp³-hybridized carbons (Fsp3) is 0.278. The first-order valence-electron chi connectivity index (χ1n) is 8.05. The molecule has 0 fully saturated rings. The molecule has 0 saturated heterocycles. The monoisotopic (exact) mass is 378 g/mol. The predicted molar refractivity (Wildman–Crippen MR) is 105 cm³/mol. The topological polar surface area (TPSA) is 110 Å². The van der Waals surface area contributed by atoms with E-state index in [4.69, 9.17) is 5.73 Å². The van der Waals surface area contributed by atoms with E-state index < -0.39 is 4.92 Å². The highest BCUT2D eigenvalue weighted by Crippen LogP contribution is 2.26. The first kappa shape index (κ1) is 21.4. The van der Waals surface area contributed by atoms with Gasteiger partial charge in [0.25, 0.3) is 11.6 Å². The summed E-state index contributed by atoms with van der Waals surface area (Å²) < 4.78 is 0. The average Bonchev–Trinajstić information content (AvgIpc) is 2.64. The van der Waals surface area contributed by atoms with Gasteiger partial charge in [-0.1, -0.05) is 37.3 Å². The van der Waals surface area contributed by atoms with Crippen molar-refractivity contribution in [1.29, 1.82) is 0 Å². The molecule has 1 amide bonds. The number of benzene rings is 2. The van der Waals surface area contributed by atoms with Gasteiger partial charge >= 0.3 is 0 Å².